The second-order valence-electron chi connectivity index (χ2n) is 5.38. The number of hydrogen-bond acceptors (Lipinski definition) is 3. The molecule has 0 unspecified atom stereocenters. The Morgan fingerprint density at radius 3 is 2.24 bits per heavy atom. The first-order valence-corrected chi connectivity index (χ1v) is 7.22. The van der Waals surface area contributed by atoms with E-state index in [9.17, 15) is 22.8 Å². The molecule has 128 valence electrons. The molecule has 0 saturated heterocycles. The monoisotopic (exact) mass is 347 g/mol. The van der Waals surface area contributed by atoms with E-state index in [2.05, 4.69) is 9.72 Å². The Labute approximate surface area is 139 Å². The van der Waals surface area contributed by atoms with E-state index in [0.29, 0.717) is 22.0 Å². The summed E-state index contributed by atoms with van der Waals surface area (Å²) in [6.45, 7) is 0. The van der Waals surface area contributed by atoms with Gasteiger partial charge in [-0.05, 0) is 40.8 Å². The number of benzene rings is 2. The van der Waals surface area contributed by atoms with Crippen LogP contribution in [0.3, 0.4) is 0 Å². The molecular weight excluding hydrogens is 335 g/mol. The third-order valence-corrected chi connectivity index (χ3v) is 3.80. The lowest BCUT2D eigenvalue weighted by Gasteiger charge is -2.09. The highest BCUT2D eigenvalue weighted by Gasteiger charge is 2.29. The van der Waals surface area contributed by atoms with Gasteiger partial charge in [-0.3, -0.25) is 4.79 Å². The normalized spacial score (nSPS) is 11.5. The number of fused-ring (bicyclic) bond motifs is 1. The SMILES string of the molecule is COC(=O)c1cc2ccc(-c3ccc(C(F)(F)F)cc3)cc2[nH]c1=O. The van der Waals surface area contributed by atoms with Crippen LogP contribution in [0.2, 0.25) is 0 Å². The van der Waals surface area contributed by atoms with Gasteiger partial charge in [-0.1, -0.05) is 24.3 Å². The molecule has 0 spiro atoms. The molecule has 25 heavy (non-hydrogen) atoms. The van der Waals surface area contributed by atoms with Gasteiger partial charge in [0.1, 0.15) is 5.56 Å². The molecule has 3 rings (SSSR count). The minimum atomic E-state index is -4.39. The van der Waals surface area contributed by atoms with Crippen LogP contribution in [0.15, 0.2) is 53.3 Å². The number of methoxy groups -OCH3 is 1. The average Bonchev–Trinajstić information content (AvgIpc) is 2.59. The molecule has 7 heteroatoms. The maximum Gasteiger partial charge on any atom is 0.416 e. The lowest BCUT2D eigenvalue weighted by atomic mass is 10.0. The predicted molar refractivity (Wildman–Crippen MR) is 86.3 cm³/mol. The molecule has 4 nitrogen and oxygen atoms in total. The van der Waals surface area contributed by atoms with Crippen LogP contribution in [-0.2, 0) is 10.9 Å². The number of rotatable bonds is 2. The lowest BCUT2D eigenvalue weighted by molar-refractivity contribution is -0.137. The van der Waals surface area contributed by atoms with E-state index in [1.807, 2.05) is 0 Å². The minimum absolute atomic E-state index is 0.114. The number of nitrogens with one attached hydrogen (secondary N) is 1. The molecule has 1 N–H and O–H groups in total. The van der Waals surface area contributed by atoms with Crippen LogP contribution in [0.5, 0.6) is 0 Å². The van der Waals surface area contributed by atoms with Gasteiger partial charge in [-0.25, -0.2) is 4.79 Å². The number of pyridine rings is 1. The number of H-pyrrole nitrogens is 1. The lowest BCUT2D eigenvalue weighted by Crippen LogP contribution is -2.18. The van der Waals surface area contributed by atoms with Crippen LogP contribution in [0.4, 0.5) is 13.2 Å². The van der Waals surface area contributed by atoms with Gasteiger partial charge in [0, 0.05) is 5.52 Å². The second kappa shape index (κ2) is 6.08. The Bertz CT molecular complexity index is 1000. The number of hydrogen-bond donors (Lipinski definition) is 1. The molecule has 1 aromatic heterocycles. The molecule has 0 amide bonds. The van der Waals surface area contributed by atoms with Crippen molar-refractivity contribution in [2.75, 3.05) is 7.11 Å². The van der Waals surface area contributed by atoms with Gasteiger partial charge in [0.15, 0.2) is 0 Å². The number of carbonyl (C=O) groups is 1. The summed E-state index contributed by atoms with van der Waals surface area (Å²) >= 11 is 0. The zero-order valence-corrected chi connectivity index (χ0v) is 13.0. The van der Waals surface area contributed by atoms with E-state index in [4.69, 9.17) is 0 Å². The number of aromatic amines is 1. The number of carbonyl (C=O) groups excluding carboxylic acids is 1. The molecule has 0 aliphatic rings. The van der Waals surface area contributed by atoms with Crippen molar-refractivity contribution in [3.8, 4) is 11.1 Å². The topological polar surface area (TPSA) is 59.2 Å². The summed E-state index contributed by atoms with van der Waals surface area (Å²) in [5.41, 5.74) is 0.250. The van der Waals surface area contributed by atoms with E-state index in [-0.39, 0.29) is 5.56 Å². The van der Waals surface area contributed by atoms with E-state index in [1.54, 1.807) is 18.2 Å². The quantitative estimate of drug-likeness (QED) is 0.713. The molecule has 2 aromatic carbocycles. The molecule has 0 bridgehead atoms. The fourth-order valence-electron chi connectivity index (χ4n) is 2.49. The summed E-state index contributed by atoms with van der Waals surface area (Å²) in [4.78, 5) is 26.1. The van der Waals surface area contributed by atoms with E-state index >= 15 is 0 Å². The Hall–Kier alpha value is -3.09. The van der Waals surface area contributed by atoms with Crippen LogP contribution in [0.1, 0.15) is 15.9 Å². The van der Waals surface area contributed by atoms with Crippen molar-refractivity contribution < 1.29 is 22.7 Å². The highest BCUT2D eigenvalue weighted by Crippen LogP contribution is 2.31. The van der Waals surface area contributed by atoms with Gasteiger partial charge in [-0.2, -0.15) is 13.2 Å². The predicted octanol–water partition coefficient (Wildman–Crippen LogP) is 4.00. The Kier molecular flexibility index (Phi) is 4.08. The molecule has 0 radical (unpaired) electrons. The van der Waals surface area contributed by atoms with Crippen LogP contribution < -0.4 is 5.56 Å². The number of aromatic nitrogens is 1. The van der Waals surface area contributed by atoms with Crippen molar-refractivity contribution in [2.45, 2.75) is 6.18 Å². The van der Waals surface area contributed by atoms with Crippen molar-refractivity contribution >= 4 is 16.9 Å². The van der Waals surface area contributed by atoms with Crippen molar-refractivity contribution in [1.82, 2.24) is 4.98 Å². The Morgan fingerprint density at radius 1 is 1.00 bits per heavy atom. The largest absolute Gasteiger partial charge is 0.465 e. The van der Waals surface area contributed by atoms with Crippen molar-refractivity contribution in [1.29, 1.82) is 0 Å². The van der Waals surface area contributed by atoms with Gasteiger partial charge in [0.2, 0.25) is 0 Å². The van der Waals surface area contributed by atoms with Gasteiger partial charge in [0.25, 0.3) is 5.56 Å². The molecular formula is C18H12F3NO3. The van der Waals surface area contributed by atoms with E-state index in [1.165, 1.54) is 25.3 Å². The van der Waals surface area contributed by atoms with Gasteiger partial charge in [-0.15, -0.1) is 0 Å². The number of alkyl halides is 3. The third-order valence-electron chi connectivity index (χ3n) is 3.80. The van der Waals surface area contributed by atoms with Crippen molar-refractivity contribution in [3.63, 3.8) is 0 Å². The molecule has 0 aliphatic carbocycles. The van der Waals surface area contributed by atoms with Crippen LogP contribution in [-0.4, -0.2) is 18.1 Å². The van der Waals surface area contributed by atoms with Crippen LogP contribution in [0, 0.1) is 0 Å². The molecule has 3 aromatic rings. The fourth-order valence-corrected chi connectivity index (χ4v) is 2.49. The number of ether oxygens (including phenoxy) is 1. The zero-order valence-electron chi connectivity index (χ0n) is 13.0. The summed E-state index contributed by atoms with van der Waals surface area (Å²) in [5.74, 6) is -0.741. The smallest absolute Gasteiger partial charge is 0.416 e. The first kappa shape index (κ1) is 16.8. The maximum atomic E-state index is 12.6. The fraction of sp³-hybridized carbons (Fsp3) is 0.111. The summed E-state index contributed by atoms with van der Waals surface area (Å²) < 4.78 is 42.4. The summed E-state index contributed by atoms with van der Waals surface area (Å²) in [7, 11) is 1.18. The Balaban J connectivity index is 2.04. The summed E-state index contributed by atoms with van der Waals surface area (Å²) in [6.07, 6.45) is -4.39. The second-order valence-corrected chi connectivity index (χ2v) is 5.38. The first-order chi connectivity index (χ1) is 11.8. The molecule has 0 saturated carbocycles. The molecule has 0 aliphatic heterocycles. The van der Waals surface area contributed by atoms with Gasteiger partial charge in [0.05, 0.1) is 12.7 Å². The Morgan fingerprint density at radius 2 is 1.64 bits per heavy atom. The molecule has 0 fully saturated rings. The molecule has 0 atom stereocenters. The zero-order chi connectivity index (χ0) is 18.2. The van der Waals surface area contributed by atoms with Gasteiger partial charge >= 0.3 is 12.1 Å². The van der Waals surface area contributed by atoms with E-state index in [0.717, 1.165) is 12.1 Å². The first-order valence-electron chi connectivity index (χ1n) is 7.22. The molecule has 1 heterocycles. The number of halogens is 3. The highest BCUT2D eigenvalue weighted by molar-refractivity contribution is 5.94. The summed E-state index contributed by atoms with van der Waals surface area (Å²) in [5, 5.41) is 0.607. The third kappa shape index (κ3) is 3.26. The van der Waals surface area contributed by atoms with Gasteiger partial charge < -0.3 is 9.72 Å². The van der Waals surface area contributed by atoms with Crippen molar-refractivity contribution in [3.05, 3.63) is 70.0 Å². The number of esters is 1. The summed E-state index contributed by atoms with van der Waals surface area (Å²) in [6, 6.07) is 11.2. The minimum Gasteiger partial charge on any atom is -0.465 e. The average molecular weight is 347 g/mol. The standard InChI is InChI=1S/C18H12F3NO3/c1-25-17(24)14-8-12-3-2-11(9-15(12)22-16(14)23)10-4-6-13(7-5-10)18(19,20)21/h2-9H,1H3,(H,22,23). The van der Waals surface area contributed by atoms with Crippen molar-refractivity contribution in [2.24, 2.45) is 0 Å². The van der Waals surface area contributed by atoms with Crippen LogP contribution in [0.25, 0.3) is 22.0 Å². The maximum absolute atomic E-state index is 12.6. The van der Waals surface area contributed by atoms with E-state index < -0.39 is 23.3 Å². The van der Waals surface area contributed by atoms with Crippen LogP contribution >= 0.6 is 0 Å². The highest BCUT2D eigenvalue weighted by atomic mass is 19.4.